The van der Waals surface area contributed by atoms with Crippen LogP contribution >= 0.6 is 0 Å². The average Bonchev–Trinajstić information content (AvgIpc) is 3.26. The smallest absolute Gasteiger partial charge is 0.363 e. The van der Waals surface area contributed by atoms with Crippen molar-refractivity contribution in [2.45, 2.75) is 31.5 Å². The van der Waals surface area contributed by atoms with Gasteiger partial charge in [-0.15, -0.1) is 5.48 Å². The number of H-pyrrole nitrogens is 1. The standard InChI is InChI=1S/C23H22F3N3O3/c24-23(25,26)22(31)32-28-14-15-2-1-3-18(12-15)16-7-10-29(11-8-16)21(30)19-5-4-17-6-9-27-20(17)13-19/h1-6,9,12-13,16,27-28H,7-8,10-11,14H2. The van der Waals surface area contributed by atoms with Gasteiger partial charge in [-0.25, -0.2) is 4.79 Å². The third-order valence-corrected chi connectivity index (χ3v) is 5.68. The Morgan fingerprint density at radius 1 is 1.09 bits per heavy atom. The number of aromatic amines is 1. The molecule has 1 amide bonds. The van der Waals surface area contributed by atoms with Crippen molar-refractivity contribution in [3.8, 4) is 0 Å². The molecule has 3 aromatic rings. The molecule has 2 N–H and O–H groups in total. The molecule has 0 spiro atoms. The zero-order chi connectivity index (χ0) is 22.7. The van der Waals surface area contributed by atoms with E-state index in [4.69, 9.17) is 0 Å². The minimum Gasteiger partial charge on any atom is -0.363 e. The summed E-state index contributed by atoms with van der Waals surface area (Å²) in [6, 6.07) is 15.0. The maximum atomic E-state index is 12.9. The number of amides is 1. The van der Waals surface area contributed by atoms with Gasteiger partial charge in [-0.05, 0) is 53.5 Å². The summed E-state index contributed by atoms with van der Waals surface area (Å²) in [5.41, 5.74) is 5.40. The van der Waals surface area contributed by atoms with Gasteiger partial charge < -0.3 is 14.7 Å². The molecule has 0 saturated carbocycles. The van der Waals surface area contributed by atoms with Crippen LogP contribution in [-0.4, -0.2) is 41.0 Å². The molecule has 0 atom stereocenters. The molecule has 0 bridgehead atoms. The normalized spacial score (nSPS) is 15.2. The fourth-order valence-corrected chi connectivity index (χ4v) is 3.98. The first kappa shape index (κ1) is 21.9. The Balaban J connectivity index is 1.32. The molecule has 1 aliphatic heterocycles. The van der Waals surface area contributed by atoms with Crippen LogP contribution in [0.15, 0.2) is 54.7 Å². The summed E-state index contributed by atoms with van der Waals surface area (Å²) in [5.74, 6) is -2.03. The number of hydrogen-bond acceptors (Lipinski definition) is 4. The van der Waals surface area contributed by atoms with Crippen molar-refractivity contribution in [3.63, 3.8) is 0 Å². The second-order valence-corrected chi connectivity index (χ2v) is 7.80. The number of hydroxylamine groups is 1. The quantitative estimate of drug-likeness (QED) is 0.575. The highest BCUT2D eigenvalue weighted by molar-refractivity contribution is 5.98. The Labute approximate surface area is 182 Å². The maximum Gasteiger partial charge on any atom is 0.492 e. The summed E-state index contributed by atoms with van der Waals surface area (Å²) in [5, 5.41) is 1.06. The van der Waals surface area contributed by atoms with Gasteiger partial charge in [-0.2, -0.15) is 13.2 Å². The third kappa shape index (κ3) is 4.94. The van der Waals surface area contributed by atoms with E-state index in [0.29, 0.717) is 24.2 Å². The van der Waals surface area contributed by atoms with Gasteiger partial charge >= 0.3 is 12.1 Å². The van der Waals surface area contributed by atoms with Gasteiger partial charge in [0.1, 0.15) is 0 Å². The molecule has 1 fully saturated rings. The minimum absolute atomic E-state index is 0.00406. The van der Waals surface area contributed by atoms with Gasteiger partial charge in [0.05, 0.1) is 6.54 Å². The lowest BCUT2D eigenvalue weighted by molar-refractivity contribution is -0.207. The summed E-state index contributed by atoms with van der Waals surface area (Å²) in [6.07, 6.45) is -1.62. The second kappa shape index (κ2) is 9.04. The first-order valence-electron chi connectivity index (χ1n) is 10.3. The van der Waals surface area contributed by atoms with Crippen LogP contribution in [0.1, 0.15) is 40.2 Å². The molecule has 1 saturated heterocycles. The number of benzene rings is 2. The van der Waals surface area contributed by atoms with Gasteiger partial charge in [0.15, 0.2) is 0 Å². The van der Waals surface area contributed by atoms with Crippen molar-refractivity contribution in [1.29, 1.82) is 0 Å². The minimum atomic E-state index is -5.03. The maximum absolute atomic E-state index is 12.9. The van der Waals surface area contributed by atoms with Crippen molar-refractivity contribution in [2.24, 2.45) is 0 Å². The summed E-state index contributed by atoms with van der Waals surface area (Å²) < 4.78 is 36.6. The summed E-state index contributed by atoms with van der Waals surface area (Å²) in [7, 11) is 0. The SMILES string of the molecule is O=C(c1ccc2cc[nH]c2c1)N1CCC(c2cccc(CNOC(=O)C(F)(F)F)c2)CC1. The average molecular weight is 445 g/mol. The molecular weight excluding hydrogens is 423 g/mol. The Morgan fingerprint density at radius 3 is 2.62 bits per heavy atom. The predicted molar refractivity (Wildman–Crippen MR) is 112 cm³/mol. The number of halogens is 3. The van der Waals surface area contributed by atoms with Gasteiger partial charge in [-0.1, -0.05) is 30.3 Å². The number of likely N-dealkylation sites (tertiary alicyclic amines) is 1. The predicted octanol–water partition coefficient (Wildman–Crippen LogP) is 4.30. The monoisotopic (exact) mass is 445 g/mol. The van der Waals surface area contributed by atoms with E-state index in [-0.39, 0.29) is 18.4 Å². The van der Waals surface area contributed by atoms with E-state index in [0.717, 1.165) is 29.3 Å². The Hall–Kier alpha value is -3.33. The van der Waals surface area contributed by atoms with E-state index >= 15 is 0 Å². The number of aromatic nitrogens is 1. The highest BCUT2D eigenvalue weighted by Gasteiger charge is 2.41. The third-order valence-electron chi connectivity index (χ3n) is 5.68. The molecule has 2 heterocycles. The number of piperidine rings is 1. The molecule has 4 rings (SSSR count). The zero-order valence-electron chi connectivity index (χ0n) is 17.1. The van der Waals surface area contributed by atoms with Crippen molar-refractivity contribution in [2.75, 3.05) is 13.1 Å². The number of carbonyl (C=O) groups is 2. The Kier molecular flexibility index (Phi) is 6.18. The van der Waals surface area contributed by atoms with Crippen LogP contribution in [0.3, 0.4) is 0 Å². The number of nitrogens with zero attached hydrogens (tertiary/aromatic N) is 1. The van der Waals surface area contributed by atoms with E-state index in [1.807, 2.05) is 53.6 Å². The zero-order valence-corrected chi connectivity index (χ0v) is 17.1. The van der Waals surface area contributed by atoms with Crippen molar-refractivity contribution in [3.05, 3.63) is 71.4 Å². The number of carbonyl (C=O) groups excluding carboxylic acids is 2. The van der Waals surface area contributed by atoms with E-state index in [1.165, 1.54) is 0 Å². The first-order valence-corrected chi connectivity index (χ1v) is 10.3. The second-order valence-electron chi connectivity index (χ2n) is 7.80. The number of alkyl halides is 3. The molecule has 9 heteroatoms. The lowest BCUT2D eigenvalue weighted by Crippen LogP contribution is -2.37. The first-order chi connectivity index (χ1) is 15.3. The molecule has 0 unspecified atom stereocenters. The molecule has 0 aliphatic carbocycles. The lowest BCUT2D eigenvalue weighted by atomic mass is 9.88. The van der Waals surface area contributed by atoms with Crippen LogP contribution in [-0.2, 0) is 16.2 Å². The Morgan fingerprint density at radius 2 is 1.88 bits per heavy atom. The molecule has 2 aromatic carbocycles. The summed E-state index contributed by atoms with van der Waals surface area (Å²) in [6.45, 7) is 1.21. The van der Waals surface area contributed by atoms with Crippen molar-refractivity contribution < 1.29 is 27.6 Å². The van der Waals surface area contributed by atoms with Crippen LogP contribution in [0.25, 0.3) is 10.9 Å². The molecular formula is C23H22F3N3O3. The molecule has 6 nitrogen and oxygen atoms in total. The van der Waals surface area contributed by atoms with Gasteiger partial charge in [0.2, 0.25) is 0 Å². The fourth-order valence-electron chi connectivity index (χ4n) is 3.98. The van der Waals surface area contributed by atoms with Gasteiger partial charge in [-0.3, -0.25) is 4.79 Å². The molecule has 32 heavy (non-hydrogen) atoms. The van der Waals surface area contributed by atoms with Crippen molar-refractivity contribution in [1.82, 2.24) is 15.4 Å². The van der Waals surface area contributed by atoms with Crippen LogP contribution in [0.4, 0.5) is 13.2 Å². The van der Waals surface area contributed by atoms with Crippen LogP contribution in [0, 0.1) is 0 Å². The Bertz CT molecular complexity index is 1120. The number of fused-ring (bicyclic) bond motifs is 1. The largest absolute Gasteiger partial charge is 0.492 e. The highest BCUT2D eigenvalue weighted by atomic mass is 19.4. The van der Waals surface area contributed by atoms with E-state index in [2.05, 4.69) is 15.3 Å². The number of rotatable bonds is 5. The van der Waals surface area contributed by atoms with E-state index in [1.54, 1.807) is 6.07 Å². The van der Waals surface area contributed by atoms with E-state index < -0.39 is 12.1 Å². The summed E-state index contributed by atoms with van der Waals surface area (Å²) in [4.78, 5) is 32.7. The van der Waals surface area contributed by atoms with Crippen LogP contribution < -0.4 is 5.48 Å². The highest BCUT2D eigenvalue weighted by Crippen LogP contribution is 2.29. The molecule has 1 aromatic heterocycles. The molecule has 1 aliphatic rings. The number of nitrogens with one attached hydrogen (secondary N) is 2. The van der Waals surface area contributed by atoms with Crippen LogP contribution in [0.5, 0.6) is 0 Å². The van der Waals surface area contributed by atoms with Gasteiger partial charge in [0.25, 0.3) is 5.91 Å². The van der Waals surface area contributed by atoms with Gasteiger partial charge in [0, 0.05) is 30.4 Å². The fraction of sp³-hybridized carbons (Fsp3) is 0.304. The topological polar surface area (TPSA) is 74.4 Å². The van der Waals surface area contributed by atoms with E-state index in [9.17, 15) is 22.8 Å². The molecule has 168 valence electrons. The van der Waals surface area contributed by atoms with Crippen LogP contribution in [0.2, 0.25) is 0 Å². The molecule has 0 radical (unpaired) electrons. The number of hydrogen-bond donors (Lipinski definition) is 2. The lowest BCUT2D eigenvalue weighted by Gasteiger charge is -2.32. The summed E-state index contributed by atoms with van der Waals surface area (Å²) >= 11 is 0. The van der Waals surface area contributed by atoms with Crippen molar-refractivity contribution >= 4 is 22.8 Å².